The third-order valence-corrected chi connectivity index (χ3v) is 4.22. The zero-order chi connectivity index (χ0) is 15.4. The standard InChI is InChI=1S/C17H19NO3/c1-9-7-12(10(2)21-9)15(19)11-5-6-14-13(8-11)17(3,4)16(20)18-14/h5-8,15,19H,1-4H3,(H,18,20). The zero-order valence-electron chi connectivity index (χ0n) is 12.7. The summed E-state index contributed by atoms with van der Waals surface area (Å²) in [5.41, 5.74) is 2.69. The number of aliphatic hydroxyl groups excluding tert-OH is 1. The molecule has 2 aromatic rings. The second-order valence-electron chi connectivity index (χ2n) is 6.16. The summed E-state index contributed by atoms with van der Waals surface area (Å²) in [6.07, 6.45) is -0.751. The molecule has 1 aliphatic rings. The van der Waals surface area contributed by atoms with Crippen LogP contribution in [0.4, 0.5) is 5.69 Å². The van der Waals surface area contributed by atoms with Gasteiger partial charge in [0, 0.05) is 11.3 Å². The van der Waals surface area contributed by atoms with Gasteiger partial charge in [-0.25, -0.2) is 0 Å². The van der Waals surface area contributed by atoms with Crippen molar-refractivity contribution in [1.82, 2.24) is 0 Å². The molecule has 1 atom stereocenters. The van der Waals surface area contributed by atoms with E-state index in [1.165, 1.54) is 0 Å². The van der Waals surface area contributed by atoms with Crippen LogP contribution in [0.2, 0.25) is 0 Å². The average Bonchev–Trinajstić information content (AvgIpc) is 2.87. The Balaban J connectivity index is 2.04. The lowest BCUT2D eigenvalue weighted by Crippen LogP contribution is -2.26. The Morgan fingerprint density at radius 2 is 1.95 bits per heavy atom. The number of benzene rings is 1. The van der Waals surface area contributed by atoms with Crippen molar-refractivity contribution >= 4 is 11.6 Å². The molecule has 0 aliphatic carbocycles. The first-order valence-electron chi connectivity index (χ1n) is 7.01. The van der Waals surface area contributed by atoms with Crippen LogP contribution < -0.4 is 5.32 Å². The molecule has 0 spiro atoms. The van der Waals surface area contributed by atoms with Crippen LogP contribution in [-0.2, 0) is 10.2 Å². The van der Waals surface area contributed by atoms with Crippen molar-refractivity contribution in [1.29, 1.82) is 0 Å². The summed E-state index contributed by atoms with van der Waals surface area (Å²) >= 11 is 0. The number of furan rings is 1. The van der Waals surface area contributed by atoms with Crippen LogP contribution in [0.25, 0.3) is 0 Å². The maximum absolute atomic E-state index is 12.0. The molecule has 1 amide bonds. The number of amides is 1. The maximum Gasteiger partial charge on any atom is 0.234 e. The molecule has 2 heterocycles. The Labute approximate surface area is 123 Å². The van der Waals surface area contributed by atoms with Gasteiger partial charge in [0.1, 0.15) is 17.6 Å². The molecule has 1 aliphatic heterocycles. The third-order valence-electron chi connectivity index (χ3n) is 4.22. The van der Waals surface area contributed by atoms with E-state index in [2.05, 4.69) is 5.32 Å². The van der Waals surface area contributed by atoms with Crippen LogP contribution in [0.5, 0.6) is 0 Å². The summed E-state index contributed by atoms with van der Waals surface area (Å²) in [5, 5.41) is 13.5. The van der Waals surface area contributed by atoms with E-state index in [0.717, 1.165) is 28.1 Å². The Bertz CT molecular complexity index is 728. The van der Waals surface area contributed by atoms with E-state index >= 15 is 0 Å². The average molecular weight is 285 g/mol. The molecule has 0 saturated carbocycles. The van der Waals surface area contributed by atoms with E-state index in [1.807, 2.05) is 52.0 Å². The maximum atomic E-state index is 12.0. The first-order valence-corrected chi connectivity index (χ1v) is 7.01. The highest BCUT2D eigenvalue weighted by Crippen LogP contribution is 2.39. The Morgan fingerprint density at radius 1 is 1.24 bits per heavy atom. The van der Waals surface area contributed by atoms with Gasteiger partial charge >= 0.3 is 0 Å². The highest BCUT2D eigenvalue weighted by molar-refractivity contribution is 6.05. The number of fused-ring (bicyclic) bond motifs is 1. The second-order valence-corrected chi connectivity index (χ2v) is 6.16. The fourth-order valence-corrected chi connectivity index (χ4v) is 2.86. The molecule has 110 valence electrons. The largest absolute Gasteiger partial charge is 0.466 e. The highest BCUT2D eigenvalue weighted by atomic mass is 16.3. The van der Waals surface area contributed by atoms with Crippen molar-refractivity contribution in [2.24, 2.45) is 0 Å². The van der Waals surface area contributed by atoms with Gasteiger partial charge in [-0.1, -0.05) is 6.07 Å². The van der Waals surface area contributed by atoms with Gasteiger partial charge in [0.25, 0.3) is 0 Å². The van der Waals surface area contributed by atoms with Gasteiger partial charge in [0.2, 0.25) is 5.91 Å². The number of carbonyl (C=O) groups is 1. The fourth-order valence-electron chi connectivity index (χ4n) is 2.86. The van der Waals surface area contributed by atoms with E-state index in [4.69, 9.17) is 4.42 Å². The highest BCUT2D eigenvalue weighted by Gasteiger charge is 2.38. The number of aryl methyl sites for hydroxylation is 2. The number of hydrogen-bond acceptors (Lipinski definition) is 3. The minimum atomic E-state index is -0.751. The van der Waals surface area contributed by atoms with Crippen LogP contribution in [0, 0.1) is 13.8 Å². The Hall–Kier alpha value is -2.07. The van der Waals surface area contributed by atoms with Crippen molar-refractivity contribution < 1.29 is 14.3 Å². The van der Waals surface area contributed by atoms with Gasteiger partial charge in [-0.3, -0.25) is 4.79 Å². The zero-order valence-corrected chi connectivity index (χ0v) is 12.7. The molecule has 21 heavy (non-hydrogen) atoms. The number of carbonyl (C=O) groups excluding carboxylic acids is 1. The van der Waals surface area contributed by atoms with Crippen LogP contribution in [-0.4, -0.2) is 11.0 Å². The third kappa shape index (κ3) is 2.07. The minimum Gasteiger partial charge on any atom is -0.466 e. The van der Waals surface area contributed by atoms with E-state index in [1.54, 1.807) is 0 Å². The first kappa shape index (κ1) is 13.9. The van der Waals surface area contributed by atoms with Gasteiger partial charge < -0.3 is 14.8 Å². The minimum absolute atomic E-state index is 0.0144. The SMILES string of the molecule is Cc1cc(C(O)c2ccc3c(c2)C(C)(C)C(=O)N3)c(C)o1. The smallest absolute Gasteiger partial charge is 0.234 e. The molecule has 1 aromatic heterocycles. The van der Waals surface area contributed by atoms with E-state index in [0.29, 0.717) is 5.76 Å². The molecule has 1 aromatic carbocycles. The van der Waals surface area contributed by atoms with Gasteiger partial charge in [-0.2, -0.15) is 0 Å². The predicted octanol–water partition coefficient (Wildman–Crippen LogP) is 3.21. The van der Waals surface area contributed by atoms with Crippen LogP contribution in [0.1, 0.15) is 48.2 Å². The van der Waals surface area contributed by atoms with E-state index in [-0.39, 0.29) is 5.91 Å². The number of aliphatic hydroxyl groups is 1. The van der Waals surface area contributed by atoms with Crippen molar-refractivity contribution in [2.75, 3.05) is 5.32 Å². The quantitative estimate of drug-likeness (QED) is 0.890. The Morgan fingerprint density at radius 3 is 2.57 bits per heavy atom. The van der Waals surface area contributed by atoms with Crippen molar-refractivity contribution in [2.45, 2.75) is 39.2 Å². The van der Waals surface area contributed by atoms with Gasteiger partial charge in [-0.05, 0) is 57.0 Å². The molecule has 4 heteroatoms. The predicted molar refractivity (Wildman–Crippen MR) is 80.3 cm³/mol. The van der Waals surface area contributed by atoms with Crippen LogP contribution >= 0.6 is 0 Å². The molecule has 2 N–H and O–H groups in total. The van der Waals surface area contributed by atoms with Gasteiger partial charge in [0.05, 0.1) is 5.41 Å². The first-order chi connectivity index (χ1) is 9.80. The number of nitrogens with one attached hydrogen (secondary N) is 1. The normalized spacial score (nSPS) is 17.5. The molecule has 0 radical (unpaired) electrons. The van der Waals surface area contributed by atoms with Crippen molar-refractivity contribution in [3.63, 3.8) is 0 Å². The second kappa shape index (κ2) is 4.46. The summed E-state index contributed by atoms with van der Waals surface area (Å²) in [7, 11) is 0. The summed E-state index contributed by atoms with van der Waals surface area (Å²) < 4.78 is 5.48. The summed E-state index contributed by atoms with van der Waals surface area (Å²) in [6, 6.07) is 7.44. The molecule has 0 saturated heterocycles. The summed E-state index contributed by atoms with van der Waals surface area (Å²) in [6.45, 7) is 7.47. The molecular formula is C17H19NO3. The number of anilines is 1. The van der Waals surface area contributed by atoms with Crippen molar-refractivity contribution in [3.05, 3.63) is 52.5 Å². The van der Waals surface area contributed by atoms with E-state index < -0.39 is 11.5 Å². The van der Waals surface area contributed by atoms with Gasteiger partial charge in [0.15, 0.2) is 0 Å². The molecule has 0 bridgehead atoms. The lowest BCUT2D eigenvalue weighted by molar-refractivity contribution is -0.119. The molecule has 0 fully saturated rings. The summed E-state index contributed by atoms with van der Waals surface area (Å²) in [5.74, 6) is 1.48. The van der Waals surface area contributed by atoms with Crippen LogP contribution in [0.3, 0.4) is 0 Å². The molecule has 4 nitrogen and oxygen atoms in total. The Kier molecular flexibility index (Phi) is 2.95. The molecule has 1 unspecified atom stereocenters. The monoisotopic (exact) mass is 285 g/mol. The topological polar surface area (TPSA) is 62.5 Å². The molecule has 3 rings (SSSR count). The molecular weight excluding hydrogens is 266 g/mol. The summed E-state index contributed by atoms with van der Waals surface area (Å²) in [4.78, 5) is 12.0. The van der Waals surface area contributed by atoms with Crippen molar-refractivity contribution in [3.8, 4) is 0 Å². The fraction of sp³-hybridized carbons (Fsp3) is 0.353. The lowest BCUT2D eigenvalue weighted by atomic mass is 9.84. The lowest BCUT2D eigenvalue weighted by Gasteiger charge is -2.17. The van der Waals surface area contributed by atoms with E-state index in [9.17, 15) is 9.90 Å². The number of hydrogen-bond donors (Lipinski definition) is 2. The van der Waals surface area contributed by atoms with Crippen LogP contribution in [0.15, 0.2) is 28.7 Å². The van der Waals surface area contributed by atoms with Gasteiger partial charge in [-0.15, -0.1) is 0 Å². The number of rotatable bonds is 2.